The maximum Gasteiger partial charge on any atom is 0.227 e. The maximum absolute atomic E-state index is 9.19. The van der Waals surface area contributed by atoms with Gasteiger partial charge in [-0.15, -0.1) is 11.3 Å². The van der Waals surface area contributed by atoms with Crippen LogP contribution in [0.4, 0.5) is 11.6 Å². The highest BCUT2D eigenvalue weighted by molar-refractivity contribution is 7.15. The third-order valence-electron chi connectivity index (χ3n) is 4.44. The van der Waals surface area contributed by atoms with E-state index in [9.17, 15) is 5.11 Å². The van der Waals surface area contributed by atoms with Crippen LogP contribution in [0, 0.1) is 6.92 Å². The number of anilines is 2. The van der Waals surface area contributed by atoms with E-state index >= 15 is 0 Å². The van der Waals surface area contributed by atoms with Crippen molar-refractivity contribution in [3.05, 3.63) is 83.0 Å². The summed E-state index contributed by atoms with van der Waals surface area (Å²) in [5, 5.41) is 13.2. The highest BCUT2D eigenvalue weighted by atomic mass is 32.1. The van der Waals surface area contributed by atoms with Gasteiger partial charge in [-0.3, -0.25) is 0 Å². The van der Waals surface area contributed by atoms with Crippen molar-refractivity contribution < 1.29 is 9.84 Å². The number of aromatic nitrogens is 3. The van der Waals surface area contributed by atoms with E-state index in [1.807, 2.05) is 67.6 Å². The lowest BCUT2D eigenvalue weighted by atomic mass is 10.2. The fraction of sp³-hybridized carbons (Fsp3) is 0.174. The molecular weight excluding hydrogens is 396 g/mol. The predicted octanol–water partition coefficient (Wildman–Crippen LogP) is 4.77. The van der Waals surface area contributed by atoms with Crippen LogP contribution in [0.3, 0.4) is 0 Å². The van der Waals surface area contributed by atoms with Crippen molar-refractivity contribution in [3.63, 3.8) is 0 Å². The van der Waals surface area contributed by atoms with E-state index in [-0.39, 0.29) is 6.61 Å². The molecule has 7 heteroatoms. The van der Waals surface area contributed by atoms with Crippen molar-refractivity contribution in [3.8, 4) is 16.5 Å². The molecule has 2 aromatic heterocycles. The molecule has 2 heterocycles. The van der Waals surface area contributed by atoms with Crippen molar-refractivity contribution >= 4 is 23.0 Å². The molecule has 4 rings (SSSR count). The number of nitrogens with one attached hydrogen (secondary N) is 1. The highest BCUT2D eigenvalue weighted by Gasteiger charge is 2.11. The molecule has 0 spiro atoms. The van der Waals surface area contributed by atoms with Crippen molar-refractivity contribution in [2.45, 2.75) is 20.0 Å². The fourth-order valence-electron chi connectivity index (χ4n) is 2.94. The van der Waals surface area contributed by atoms with Gasteiger partial charge in [-0.1, -0.05) is 36.4 Å². The molecule has 2 N–H and O–H groups in total. The van der Waals surface area contributed by atoms with Crippen molar-refractivity contribution in [2.24, 2.45) is 0 Å². The van der Waals surface area contributed by atoms with E-state index in [0.29, 0.717) is 19.0 Å². The quantitative estimate of drug-likeness (QED) is 0.429. The van der Waals surface area contributed by atoms with E-state index in [1.165, 1.54) is 0 Å². The molecule has 2 aromatic carbocycles. The normalized spacial score (nSPS) is 10.7. The van der Waals surface area contributed by atoms with Gasteiger partial charge in [0.15, 0.2) is 0 Å². The molecule has 30 heavy (non-hydrogen) atoms. The molecule has 0 unspecified atom stereocenters. The first-order valence-electron chi connectivity index (χ1n) is 9.65. The standard InChI is InChI=1S/C23H22N4O2S/c1-16-21(11-13-28)30-22(25-16)20-10-12-24-23(27-20)26-18-8-5-9-19(14-18)29-15-17-6-3-2-4-7-17/h2-10,12,14,28H,11,13,15H2,1H3,(H,24,26,27). The zero-order chi connectivity index (χ0) is 20.8. The average molecular weight is 419 g/mol. The number of rotatable bonds is 8. The number of hydrogen-bond donors (Lipinski definition) is 2. The Hall–Kier alpha value is -3.29. The van der Waals surface area contributed by atoms with Gasteiger partial charge in [0, 0.05) is 35.9 Å². The zero-order valence-electron chi connectivity index (χ0n) is 16.6. The molecule has 4 aromatic rings. The summed E-state index contributed by atoms with van der Waals surface area (Å²) in [6.45, 7) is 2.57. The number of thiazole rings is 1. The maximum atomic E-state index is 9.19. The second-order valence-electron chi connectivity index (χ2n) is 6.69. The lowest BCUT2D eigenvalue weighted by Crippen LogP contribution is -1.99. The number of ether oxygens (including phenoxy) is 1. The van der Waals surface area contributed by atoms with Crippen LogP contribution in [0.1, 0.15) is 16.1 Å². The summed E-state index contributed by atoms with van der Waals surface area (Å²) < 4.78 is 5.89. The molecule has 0 aliphatic rings. The van der Waals surface area contributed by atoms with Crippen LogP contribution in [-0.2, 0) is 13.0 Å². The summed E-state index contributed by atoms with van der Waals surface area (Å²) in [6.07, 6.45) is 2.32. The first kappa shape index (κ1) is 20.0. The Morgan fingerprint density at radius 2 is 1.90 bits per heavy atom. The topological polar surface area (TPSA) is 80.2 Å². The average Bonchev–Trinajstić information content (AvgIpc) is 3.14. The van der Waals surface area contributed by atoms with Crippen LogP contribution in [0.15, 0.2) is 66.9 Å². The summed E-state index contributed by atoms with van der Waals surface area (Å²) in [5.74, 6) is 1.26. The van der Waals surface area contributed by atoms with Gasteiger partial charge >= 0.3 is 0 Å². The molecule has 0 fully saturated rings. The third-order valence-corrected chi connectivity index (χ3v) is 5.68. The van der Waals surface area contributed by atoms with Crippen LogP contribution in [0.2, 0.25) is 0 Å². The largest absolute Gasteiger partial charge is 0.489 e. The molecule has 0 aliphatic heterocycles. The lowest BCUT2D eigenvalue weighted by Gasteiger charge is -2.09. The molecule has 0 saturated heterocycles. The van der Waals surface area contributed by atoms with Gasteiger partial charge in [-0.2, -0.15) is 0 Å². The Morgan fingerprint density at radius 3 is 2.73 bits per heavy atom. The minimum atomic E-state index is 0.113. The van der Waals surface area contributed by atoms with Gasteiger partial charge in [0.05, 0.1) is 5.69 Å². The van der Waals surface area contributed by atoms with Crippen LogP contribution >= 0.6 is 11.3 Å². The summed E-state index contributed by atoms with van der Waals surface area (Å²) in [4.78, 5) is 14.6. The van der Waals surface area contributed by atoms with Gasteiger partial charge in [-0.05, 0) is 30.7 Å². The molecule has 6 nitrogen and oxygen atoms in total. The van der Waals surface area contributed by atoms with E-state index in [2.05, 4.69) is 20.3 Å². The van der Waals surface area contributed by atoms with E-state index in [0.717, 1.165) is 38.3 Å². The number of aliphatic hydroxyl groups is 1. The number of benzene rings is 2. The van der Waals surface area contributed by atoms with Gasteiger partial charge in [0.25, 0.3) is 0 Å². The van der Waals surface area contributed by atoms with Gasteiger partial charge < -0.3 is 15.2 Å². The number of aryl methyl sites for hydroxylation is 1. The van der Waals surface area contributed by atoms with E-state index in [4.69, 9.17) is 4.74 Å². The summed E-state index contributed by atoms with van der Waals surface area (Å²) in [5.41, 5.74) is 3.64. The number of nitrogens with zero attached hydrogens (tertiary/aromatic N) is 3. The van der Waals surface area contributed by atoms with Gasteiger partial charge in [0.2, 0.25) is 5.95 Å². The minimum absolute atomic E-state index is 0.113. The summed E-state index contributed by atoms with van der Waals surface area (Å²) >= 11 is 1.55. The predicted molar refractivity (Wildman–Crippen MR) is 119 cm³/mol. The van der Waals surface area contributed by atoms with Crippen molar-refractivity contribution in [1.82, 2.24) is 15.0 Å². The minimum Gasteiger partial charge on any atom is -0.489 e. The Morgan fingerprint density at radius 1 is 1.03 bits per heavy atom. The summed E-state index contributed by atoms with van der Waals surface area (Å²) in [7, 11) is 0. The second kappa shape index (κ2) is 9.47. The van der Waals surface area contributed by atoms with E-state index in [1.54, 1.807) is 17.5 Å². The molecule has 0 aliphatic carbocycles. The Labute approximate surface area is 179 Å². The fourth-order valence-corrected chi connectivity index (χ4v) is 3.96. The molecule has 0 bridgehead atoms. The Balaban J connectivity index is 1.47. The zero-order valence-corrected chi connectivity index (χ0v) is 17.4. The highest BCUT2D eigenvalue weighted by Crippen LogP contribution is 2.28. The Bertz CT molecular complexity index is 1120. The first-order chi connectivity index (χ1) is 14.7. The molecule has 152 valence electrons. The van der Waals surface area contributed by atoms with Gasteiger partial charge in [0.1, 0.15) is 23.1 Å². The molecule has 0 atom stereocenters. The van der Waals surface area contributed by atoms with Crippen molar-refractivity contribution in [2.75, 3.05) is 11.9 Å². The van der Waals surface area contributed by atoms with Gasteiger partial charge in [-0.25, -0.2) is 15.0 Å². The first-order valence-corrected chi connectivity index (χ1v) is 10.5. The van der Waals surface area contributed by atoms with Crippen LogP contribution in [0.25, 0.3) is 10.7 Å². The monoisotopic (exact) mass is 418 g/mol. The van der Waals surface area contributed by atoms with Crippen LogP contribution < -0.4 is 10.1 Å². The number of aliphatic hydroxyl groups excluding tert-OH is 1. The Kier molecular flexibility index (Phi) is 6.32. The van der Waals surface area contributed by atoms with Crippen molar-refractivity contribution in [1.29, 1.82) is 0 Å². The summed E-state index contributed by atoms with van der Waals surface area (Å²) in [6, 6.07) is 19.6. The molecule has 0 radical (unpaired) electrons. The smallest absolute Gasteiger partial charge is 0.227 e. The number of hydrogen-bond acceptors (Lipinski definition) is 7. The molecule has 0 saturated carbocycles. The molecular formula is C23H22N4O2S. The van der Waals surface area contributed by atoms with E-state index < -0.39 is 0 Å². The third kappa shape index (κ3) is 5.00. The lowest BCUT2D eigenvalue weighted by molar-refractivity contribution is 0.300. The van der Waals surface area contributed by atoms with Crippen LogP contribution in [0.5, 0.6) is 5.75 Å². The van der Waals surface area contributed by atoms with Crippen LogP contribution in [-0.4, -0.2) is 26.7 Å². The second-order valence-corrected chi connectivity index (χ2v) is 7.78. The SMILES string of the molecule is Cc1nc(-c2ccnc(Nc3cccc(OCc4ccccc4)c3)n2)sc1CCO. The molecule has 0 amide bonds.